The molecule has 1 fully saturated rings. The predicted octanol–water partition coefficient (Wildman–Crippen LogP) is 4.44. The van der Waals surface area contributed by atoms with Crippen LogP contribution in [0.1, 0.15) is 49.3 Å². The fourth-order valence-corrected chi connectivity index (χ4v) is 4.95. The number of hydrogen-bond acceptors (Lipinski definition) is 5. The molecule has 2 heterocycles. The van der Waals surface area contributed by atoms with Crippen molar-refractivity contribution in [1.82, 2.24) is 15.2 Å². The first-order valence-electron chi connectivity index (χ1n) is 12.6. The van der Waals surface area contributed by atoms with Crippen LogP contribution in [0.5, 0.6) is 11.5 Å². The van der Waals surface area contributed by atoms with E-state index in [0.29, 0.717) is 11.5 Å². The van der Waals surface area contributed by atoms with Gasteiger partial charge in [-0.15, -0.1) is 0 Å². The molecule has 0 spiro atoms. The summed E-state index contributed by atoms with van der Waals surface area (Å²) in [4.78, 5) is 33.7. The number of amides is 2. The van der Waals surface area contributed by atoms with Gasteiger partial charge in [0, 0.05) is 25.0 Å². The van der Waals surface area contributed by atoms with Crippen LogP contribution in [-0.2, 0) is 16.1 Å². The second-order valence-corrected chi connectivity index (χ2v) is 9.35. The minimum Gasteiger partial charge on any atom is -0.485 e. The lowest BCUT2D eigenvalue weighted by molar-refractivity contribution is -0.149. The minimum absolute atomic E-state index is 0.0745. The van der Waals surface area contributed by atoms with Crippen LogP contribution in [0.15, 0.2) is 79.1 Å². The number of rotatable bonds is 7. The lowest BCUT2D eigenvalue weighted by Crippen LogP contribution is -2.52. The maximum atomic E-state index is 14.0. The molecule has 1 aliphatic heterocycles. The molecule has 7 heteroatoms. The Balaban J connectivity index is 1.48. The van der Waals surface area contributed by atoms with Crippen molar-refractivity contribution >= 4 is 11.8 Å². The standard InChI is InChI=1S/C29H31N3O4/c33-28(31-23-13-5-2-6-14-23)27(22-11-3-1-4-12-22)32(19-21-10-9-17-30-18-21)29(34)26-20-35-24-15-7-8-16-25(24)36-26/h1,3-4,7-12,15-18,23,26-27H,2,5-6,13-14,19-20H2,(H,31,33). The molecule has 0 bridgehead atoms. The first kappa shape index (κ1) is 23.9. The number of pyridine rings is 1. The summed E-state index contributed by atoms with van der Waals surface area (Å²) < 4.78 is 11.9. The fourth-order valence-electron chi connectivity index (χ4n) is 4.95. The van der Waals surface area contributed by atoms with Crippen LogP contribution < -0.4 is 14.8 Å². The van der Waals surface area contributed by atoms with Gasteiger partial charge in [-0.05, 0) is 42.2 Å². The molecular weight excluding hydrogens is 454 g/mol. The van der Waals surface area contributed by atoms with E-state index in [9.17, 15) is 9.59 Å². The van der Waals surface area contributed by atoms with Crippen LogP contribution >= 0.6 is 0 Å². The molecule has 2 atom stereocenters. The molecule has 5 rings (SSSR count). The number of nitrogens with zero attached hydrogens (tertiary/aromatic N) is 2. The number of aromatic nitrogens is 1. The molecule has 36 heavy (non-hydrogen) atoms. The normalized spacial score (nSPS) is 18.2. The highest BCUT2D eigenvalue weighted by Crippen LogP contribution is 2.33. The Morgan fingerprint density at radius 3 is 2.44 bits per heavy atom. The van der Waals surface area contributed by atoms with Gasteiger partial charge in [0.2, 0.25) is 12.0 Å². The van der Waals surface area contributed by atoms with Gasteiger partial charge < -0.3 is 19.7 Å². The summed E-state index contributed by atoms with van der Waals surface area (Å²) in [5.41, 5.74) is 1.58. The monoisotopic (exact) mass is 485 g/mol. The molecule has 0 saturated heterocycles. The van der Waals surface area contributed by atoms with Gasteiger partial charge in [0.15, 0.2) is 11.5 Å². The maximum Gasteiger partial charge on any atom is 0.268 e. The van der Waals surface area contributed by atoms with Crippen LogP contribution in [-0.4, -0.2) is 40.5 Å². The number of fused-ring (bicyclic) bond motifs is 1. The molecule has 1 aliphatic carbocycles. The van der Waals surface area contributed by atoms with E-state index in [-0.39, 0.29) is 31.0 Å². The van der Waals surface area contributed by atoms with Crippen molar-refractivity contribution in [2.45, 2.75) is 56.8 Å². The number of para-hydroxylation sites is 2. The van der Waals surface area contributed by atoms with Crippen molar-refractivity contribution in [3.63, 3.8) is 0 Å². The molecule has 2 aliphatic rings. The number of benzene rings is 2. The predicted molar refractivity (Wildman–Crippen MR) is 135 cm³/mol. The van der Waals surface area contributed by atoms with E-state index in [0.717, 1.165) is 36.8 Å². The highest BCUT2D eigenvalue weighted by atomic mass is 16.6. The Bertz CT molecular complexity index is 1170. The van der Waals surface area contributed by atoms with Crippen LogP contribution in [0.2, 0.25) is 0 Å². The summed E-state index contributed by atoms with van der Waals surface area (Å²) >= 11 is 0. The summed E-state index contributed by atoms with van der Waals surface area (Å²) in [5, 5.41) is 3.24. The van der Waals surface area contributed by atoms with Gasteiger partial charge in [0.05, 0.1) is 0 Å². The van der Waals surface area contributed by atoms with Gasteiger partial charge in [-0.2, -0.15) is 0 Å². The van der Waals surface area contributed by atoms with E-state index in [1.165, 1.54) is 6.42 Å². The largest absolute Gasteiger partial charge is 0.485 e. The van der Waals surface area contributed by atoms with E-state index in [1.807, 2.05) is 60.7 Å². The first-order valence-corrected chi connectivity index (χ1v) is 12.6. The zero-order valence-corrected chi connectivity index (χ0v) is 20.2. The van der Waals surface area contributed by atoms with E-state index in [1.54, 1.807) is 23.4 Å². The molecule has 2 unspecified atom stereocenters. The molecule has 1 saturated carbocycles. The van der Waals surface area contributed by atoms with Crippen molar-refractivity contribution in [1.29, 1.82) is 0 Å². The highest BCUT2D eigenvalue weighted by molar-refractivity contribution is 5.91. The quantitative estimate of drug-likeness (QED) is 0.535. The molecule has 2 amide bonds. The average Bonchev–Trinajstić information content (AvgIpc) is 2.94. The van der Waals surface area contributed by atoms with E-state index >= 15 is 0 Å². The SMILES string of the molecule is O=C(NC1CCCCC1)C(c1ccccc1)N(Cc1cccnc1)C(=O)C1COc2ccccc2O1. The van der Waals surface area contributed by atoms with Gasteiger partial charge in [0.25, 0.3) is 5.91 Å². The molecule has 0 radical (unpaired) electrons. The lowest BCUT2D eigenvalue weighted by atomic mass is 9.94. The summed E-state index contributed by atoms with van der Waals surface area (Å²) in [6.45, 7) is 0.289. The van der Waals surface area contributed by atoms with Gasteiger partial charge in [-0.3, -0.25) is 14.6 Å². The van der Waals surface area contributed by atoms with Gasteiger partial charge in [-0.25, -0.2) is 0 Å². The third-order valence-electron chi connectivity index (χ3n) is 6.77. The Morgan fingerprint density at radius 1 is 0.944 bits per heavy atom. The van der Waals surface area contributed by atoms with Crippen molar-refractivity contribution in [3.05, 3.63) is 90.3 Å². The third kappa shape index (κ3) is 5.51. The molecular formula is C29H31N3O4. The minimum atomic E-state index is -0.870. The molecule has 3 aromatic rings. The van der Waals surface area contributed by atoms with E-state index in [2.05, 4.69) is 10.3 Å². The summed E-state index contributed by atoms with van der Waals surface area (Å²) in [5.74, 6) is 0.643. The molecule has 186 valence electrons. The second-order valence-electron chi connectivity index (χ2n) is 9.35. The number of carbonyl (C=O) groups excluding carboxylic acids is 2. The van der Waals surface area contributed by atoms with Crippen LogP contribution in [0.25, 0.3) is 0 Å². The second kappa shape index (κ2) is 11.2. The summed E-state index contributed by atoms with van der Waals surface area (Å²) in [6.07, 6.45) is 7.85. The summed E-state index contributed by atoms with van der Waals surface area (Å²) in [7, 11) is 0. The molecule has 7 nitrogen and oxygen atoms in total. The molecule has 2 aromatic carbocycles. The van der Waals surface area contributed by atoms with Crippen molar-refractivity contribution in [2.75, 3.05) is 6.61 Å². The van der Waals surface area contributed by atoms with Crippen molar-refractivity contribution in [2.24, 2.45) is 0 Å². The number of carbonyl (C=O) groups is 2. The van der Waals surface area contributed by atoms with E-state index < -0.39 is 12.1 Å². The third-order valence-corrected chi connectivity index (χ3v) is 6.77. The van der Waals surface area contributed by atoms with E-state index in [4.69, 9.17) is 9.47 Å². The highest BCUT2D eigenvalue weighted by Gasteiger charge is 2.38. The number of nitrogens with one attached hydrogen (secondary N) is 1. The first-order chi connectivity index (χ1) is 17.7. The number of ether oxygens (including phenoxy) is 2. The zero-order chi connectivity index (χ0) is 24.7. The Labute approximate surface area is 211 Å². The van der Waals surface area contributed by atoms with Crippen molar-refractivity contribution < 1.29 is 19.1 Å². The maximum absolute atomic E-state index is 14.0. The number of hydrogen-bond donors (Lipinski definition) is 1. The molecule has 1 N–H and O–H groups in total. The molecule has 1 aromatic heterocycles. The average molecular weight is 486 g/mol. The lowest BCUT2D eigenvalue weighted by Gasteiger charge is -2.36. The van der Waals surface area contributed by atoms with Crippen LogP contribution in [0, 0.1) is 0 Å². The van der Waals surface area contributed by atoms with Crippen molar-refractivity contribution in [3.8, 4) is 11.5 Å². The van der Waals surface area contributed by atoms with Gasteiger partial charge in [0.1, 0.15) is 12.6 Å². The Hall–Kier alpha value is -3.87. The smallest absolute Gasteiger partial charge is 0.268 e. The van der Waals surface area contributed by atoms with Gasteiger partial charge >= 0.3 is 0 Å². The Morgan fingerprint density at radius 2 is 1.69 bits per heavy atom. The topological polar surface area (TPSA) is 80.8 Å². The van der Waals surface area contributed by atoms with Gasteiger partial charge in [-0.1, -0.05) is 67.8 Å². The fraction of sp³-hybridized carbons (Fsp3) is 0.345. The van der Waals surface area contributed by atoms with Crippen LogP contribution in [0.4, 0.5) is 0 Å². The zero-order valence-electron chi connectivity index (χ0n) is 20.2. The Kier molecular flexibility index (Phi) is 7.45. The summed E-state index contributed by atoms with van der Waals surface area (Å²) in [6, 6.07) is 19.8. The van der Waals surface area contributed by atoms with Crippen LogP contribution in [0.3, 0.4) is 0 Å².